The van der Waals surface area contributed by atoms with Crippen molar-refractivity contribution in [2.75, 3.05) is 5.32 Å². The Kier molecular flexibility index (Phi) is 3.24. The van der Waals surface area contributed by atoms with E-state index in [9.17, 15) is 0 Å². The molecule has 0 aliphatic carbocycles. The van der Waals surface area contributed by atoms with Gasteiger partial charge >= 0.3 is 0 Å². The molecular weight excluding hydrogens is 224 g/mol. The molecule has 1 N–H and O–H groups in total. The minimum Gasteiger partial charge on any atom is -0.336 e. The monoisotopic (exact) mass is 238 g/mol. The first-order valence-electron chi connectivity index (χ1n) is 5.68. The Morgan fingerprint density at radius 2 is 1.67 bits per heavy atom. The fourth-order valence-corrected chi connectivity index (χ4v) is 1.48. The first-order chi connectivity index (χ1) is 8.61. The van der Waals surface area contributed by atoms with Crippen LogP contribution in [0.3, 0.4) is 0 Å². The zero-order chi connectivity index (χ0) is 13.0. The molecule has 90 valence electrons. The summed E-state index contributed by atoms with van der Waals surface area (Å²) < 4.78 is 0. The second kappa shape index (κ2) is 4.84. The molecular formula is C14H14N4. The van der Waals surface area contributed by atoms with Crippen LogP contribution in [0.2, 0.25) is 0 Å². The van der Waals surface area contributed by atoms with Crippen LogP contribution in [0.25, 0.3) is 11.1 Å². The lowest BCUT2D eigenvalue weighted by atomic mass is 10.1. The summed E-state index contributed by atoms with van der Waals surface area (Å²) in [4.78, 5) is 8.43. The van der Waals surface area contributed by atoms with Crippen molar-refractivity contribution in [1.82, 2.24) is 9.97 Å². The van der Waals surface area contributed by atoms with E-state index in [4.69, 9.17) is 5.26 Å². The van der Waals surface area contributed by atoms with E-state index in [0.29, 0.717) is 5.95 Å². The maximum absolute atomic E-state index is 8.92. The Morgan fingerprint density at radius 3 is 2.22 bits per heavy atom. The van der Waals surface area contributed by atoms with E-state index >= 15 is 0 Å². The van der Waals surface area contributed by atoms with Crippen LogP contribution in [0.4, 0.5) is 5.95 Å². The highest BCUT2D eigenvalue weighted by Gasteiger charge is 2.16. The molecule has 1 heterocycles. The SMILES string of the molecule is CC(C)(C#N)Nc1ncc(-c2ccccc2)cn1. The van der Waals surface area contributed by atoms with Gasteiger partial charge in [-0.05, 0) is 19.4 Å². The van der Waals surface area contributed by atoms with Crippen molar-refractivity contribution in [3.05, 3.63) is 42.7 Å². The maximum Gasteiger partial charge on any atom is 0.223 e. The topological polar surface area (TPSA) is 61.6 Å². The minimum atomic E-state index is -0.672. The zero-order valence-electron chi connectivity index (χ0n) is 10.4. The lowest BCUT2D eigenvalue weighted by Crippen LogP contribution is -2.29. The average molecular weight is 238 g/mol. The third-order valence-electron chi connectivity index (χ3n) is 2.46. The number of nitriles is 1. The van der Waals surface area contributed by atoms with Crippen LogP contribution < -0.4 is 5.32 Å². The number of benzene rings is 1. The quantitative estimate of drug-likeness (QED) is 0.893. The van der Waals surface area contributed by atoms with Crippen LogP contribution in [0.15, 0.2) is 42.7 Å². The molecule has 0 atom stereocenters. The van der Waals surface area contributed by atoms with Gasteiger partial charge in [0.05, 0.1) is 6.07 Å². The Morgan fingerprint density at radius 1 is 1.06 bits per heavy atom. The van der Waals surface area contributed by atoms with Crippen molar-refractivity contribution >= 4 is 5.95 Å². The molecule has 4 nitrogen and oxygen atoms in total. The second-order valence-corrected chi connectivity index (χ2v) is 4.52. The predicted molar refractivity (Wildman–Crippen MR) is 70.8 cm³/mol. The van der Waals surface area contributed by atoms with Gasteiger partial charge in [0.15, 0.2) is 0 Å². The summed E-state index contributed by atoms with van der Waals surface area (Å²) in [6.45, 7) is 3.56. The van der Waals surface area contributed by atoms with E-state index in [1.807, 2.05) is 30.3 Å². The van der Waals surface area contributed by atoms with Crippen LogP contribution in [-0.4, -0.2) is 15.5 Å². The highest BCUT2D eigenvalue weighted by molar-refractivity contribution is 5.61. The average Bonchev–Trinajstić information content (AvgIpc) is 2.40. The molecule has 2 rings (SSSR count). The van der Waals surface area contributed by atoms with E-state index in [2.05, 4.69) is 21.4 Å². The third kappa shape index (κ3) is 2.83. The van der Waals surface area contributed by atoms with Crippen molar-refractivity contribution < 1.29 is 0 Å². The van der Waals surface area contributed by atoms with Gasteiger partial charge in [-0.1, -0.05) is 30.3 Å². The molecule has 4 heteroatoms. The number of aromatic nitrogens is 2. The van der Waals surface area contributed by atoms with E-state index < -0.39 is 5.54 Å². The molecule has 0 saturated carbocycles. The standard InChI is InChI=1S/C14H14N4/c1-14(2,10-15)18-13-16-8-12(9-17-13)11-6-4-3-5-7-11/h3-9H,1-2H3,(H,16,17,18). The number of anilines is 1. The Bertz CT molecular complexity index is 553. The van der Waals surface area contributed by atoms with Crippen molar-refractivity contribution in [1.29, 1.82) is 5.26 Å². The van der Waals surface area contributed by atoms with Gasteiger partial charge in [-0.15, -0.1) is 0 Å². The highest BCUT2D eigenvalue weighted by atomic mass is 15.1. The van der Waals surface area contributed by atoms with Crippen molar-refractivity contribution in [2.24, 2.45) is 0 Å². The maximum atomic E-state index is 8.92. The summed E-state index contributed by atoms with van der Waals surface area (Å²) in [7, 11) is 0. The van der Waals surface area contributed by atoms with Crippen LogP contribution in [0.5, 0.6) is 0 Å². The smallest absolute Gasteiger partial charge is 0.223 e. The minimum absolute atomic E-state index is 0.459. The van der Waals surface area contributed by atoms with Gasteiger partial charge in [-0.2, -0.15) is 5.26 Å². The first-order valence-corrected chi connectivity index (χ1v) is 5.68. The zero-order valence-corrected chi connectivity index (χ0v) is 10.4. The fraction of sp³-hybridized carbons (Fsp3) is 0.214. The summed E-state index contributed by atoms with van der Waals surface area (Å²) in [5, 5.41) is 11.9. The predicted octanol–water partition coefficient (Wildman–Crippen LogP) is 2.86. The van der Waals surface area contributed by atoms with Gasteiger partial charge < -0.3 is 5.32 Å². The molecule has 0 saturated heterocycles. The van der Waals surface area contributed by atoms with E-state index in [0.717, 1.165) is 11.1 Å². The summed E-state index contributed by atoms with van der Waals surface area (Å²) in [5.41, 5.74) is 1.35. The Hall–Kier alpha value is -2.41. The van der Waals surface area contributed by atoms with E-state index in [1.165, 1.54) is 0 Å². The molecule has 0 bridgehead atoms. The summed E-state index contributed by atoms with van der Waals surface area (Å²) in [6.07, 6.45) is 3.50. The summed E-state index contributed by atoms with van der Waals surface area (Å²) in [6, 6.07) is 12.1. The third-order valence-corrected chi connectivity index (χ3v) is 2.46. The molecule has 0 aliphatic heterocycles. The molecule has 0 aliphatic rings. The Balaban J connectivity index is 2.19. The van der Waals surface area contributed by atoms with Gasteiger partial charge in [0.2, 0.25) is 5.95 Å². The van der Waals surface area contributed by atoms with Crippen molar-refractivity contribution in [3.63, 3.8) is 0 Å². The van der Waals surface area contributed by atoms with Crippen molar-refractivity contribution in [2.45, 2.75) is 19.4 Å². The van der Waals surface area contributed by atoms with Gasteiger partial charge in [0.1, 0.15) is 5.54 Å². The van der Waals surface area contributed by atoms with Crippen LogP contribution in [0.1, 0.15) is 13.8 Å². The van der Waals surface area contributed by atoms with Gasteiger partial charge in [-0.25, -0.2) is 9.97 Å². The molecule has 0 spiro atoms. The van der Waals surface area contributed by atoms with Gasteiger partial charge in [-0.3, -0.25) is 0 Å². The van der Waals surface area contributed by atoms with E-state index in [-0.39, 0.29) is 0 Å². The lowest BCUT2D eigenvalue weighted by molar-refractivity contribution is 0.717. The first kappa shape index (κ1) is 12.1. The number of nitrogens with one attached hydrogen (secondary N) is 1. The molecule has 0 fully saturated rings. The van der Waals surface area contributed by atoms with Gasteiger partial charge in [0.25, 0.3) is 0 Å². The molecule has 0 radical (unpaired) electrons. The highest BCUT2D eigenvalue weighted by Crippen LogP contribution is 2.18. The summed E-state index contributed by atoms with van der Waals surface area (Å²) >= 11 is 0. The molecule has 2 aromatic rings. The van der Waals surface area contributed by atoms with Crippen LogP contribution in [-0.2, 0) is 0 Å². The molecule has 0 amide bonds. The normalized spacial score (nSPS) is 10.7. The van der Waals surface area contributed by atoms with Crippen LogP contribution >= 0.6 is 0 Å². The number of nitrogens with zero attached hydrogens (tertiary/aromatic N) is 3. The lowest BCUT2D eigenvalue weighted by Gasteiger charge is -2.17. The molecule has 1 aromatic carbocycles. The number of hydrogen-bond donors (Lipinski definition) is 1. The van der Waals surface area contributed by atoms with Gasteiger partial charge in [0, 0.05) is 18.0 Å². The van der Waals surface area contributed by atoms with E-state index in [1.54, 1.807) is 26.2 Å². The molecule has 1 aromatic heterocycles. The Labute approximate surface area is 106 Å². The number of rotatable bonds is 3. The fourth-order valence-electron chi connectivity index (χ4n) is 1.48. The largest absolute Gasteiger partial charge is 0.336 e. The number of hydrogen-bond acceptors (Lipinski definition) is 4. The second-order valence-electron chi connectivity index (χ2n) is 4.52. The molecule has 18 heavy (non-hydrogen) atoms. The summed E-state index contributed by atoms with van der Waals surface area (Å²) in [5.74, 6) is 0.459. The van der Waals surface area contributed by atoms with Crippen molar-refractivity contribution in [3.8, 4) is 17.2 Å². The molecule has 0 unspecified atom stereocenters. The van der Waals surface area contributed by atoms with Crippen LogP contribution in [0, 0.1) is 11.3 Å².